The lowest BCUT2D eigenvalue weighted by Gasteiger charge is -2.11. The summed E-state index contributed by atoms with van der Waals surface area (Å²) >= 11 is 4.16. The molecule has 120 valence electrons. The molecule has 2 amide bonds. The Hall–Kier alpha value is -2.18. The van der Waals surface area contributed by atoms with Crippen molar-refractivity contribution in [3.05, 3.63) is 75.1 Å². The van der Waals surface area contributed by atoms with E-state index in [4.69, 9.17) is 0 Å². The topological polar surface area (TPSA) is 54.5 Å². The maximum Gasteiger partial charge on any atom is 0.293 e. The minimum absolute atomic E-state index is 0.252. The maximum atomic E-state index is 12.4. The van der Waals surface area contributed by atoms with Crippen LogP contribution in [-0.2, 0) is 4.79 Å². The van der Waals surface area contributed by atoms with Gasteiger partial charge in [0.05, 0.1) is 11.4 Å². The van der Waals surface area contributed by atoms with Gasteiger partial charge in [-0.05, 0) is 35.5 Å². The number of ketones is 1. The molecule has 4 nitrogen and oxygen atoms in total. The lowest BCUT2D eigenvalue weighted by Crippen LogP contribution is -2.33. The van der Waals surface area contributed by atoms with Gasteiger partial charge in [-0.25, -0.2) is 0 Å². The number of carbonyl (C=O) groups is 3. The molecule has 0 spiro atoms. The molecule has 0 unspecified atom stereocenters. The minimum atomic E-state index is -0.431. The smallest absolute Gasteiger partial charge is 0.292 e. The van der Waals surface area contributed by atoms with Gasteiger partial charge in [0.25, 0.3) is 11.1 Å². The number of carbonyl (C=O) groups excluding carboxylic acids is 3. The standard InChI is InChI=1S/C18H12BrNO3S/c19-14-8-6-13(7-9-14)15(21)11-20-17(22)16(24-18(20)23)10-12-4-2-1-3-5-12/h1-10H,11H2/b16-10-. The average molecular weight is 402 g/mol. The highest BCUT2D eigenvalue weighted by atomic mass is 79.9. The van der Waals surface area contributed by atoms with Crippen molar-refractivity contribution in [2.24, 2.45) is 0 Å². The molecule has 0 saturated carbocycles. The fourth-order valence-electron chi connectivity index (χ4n) is 2.21. The SMILES string of the molecule is O=C(CN1C(=O)S/C(=C\c2ccccc2)C1=O)c1ccc(Br)cc1. The highest BCUT2D eigenvalue weighted by molar-refractivity contribution is 9.10. The van der Waals surface area contributed by atoms with E-state index in [1.54, 1.807) is 30.3 Å². The van der Waals surface area contributed by atoms with E-state index in [2.05, 4.69) is 15.9 Å². The Morgan fingerprint density at radius 3 is 2.38 bits per heavy atom. The van der Waals surface area contributed by atoms with E-state index in [0.717, 1.165) is 26.7 Å². The largest absolute Gasteiger partial charge is 0.293 e. The first-order valence-electron chi connectivity index (χ1n) is 7.14. The molecule has 0 aromatic heterocycles. The fraction of sp³-hybridized carbons (Fsp3) is 0.0556. The van der Waals surface area contributed by atoms with Crippen molar-refractivity contribution in [2.75, 3.05) is 6.54 Å². The number of amides is 2. The summed E-state index contributed by atoms with van der Waals surface area (Å²) in [6.07, 6.45) is 1.66. The first kappa shape index (κ1) is 16.7. The van der Waals surface area contributed by atoms with Gasteiger partial charge < -0.3 is 0 Å². The molecule has 0 atom stereocenters. The monoisotopic (exact) mass is 401 g/mol. The number of Topliss-reactive ketones (excluding diaryl/α,β-unsaturated/α-hetero) is 1. The second-order valence-electron chi connectivity index (χ2n) is 5.11. The lowest BCUT2D eigenvalue weighted by atomic mass is 10.1. The van der Waals surface area contributed by atoms with Crippen LogP contribution in [-0.4, -0.2) is 28.4 Å². The number of hydrogen-bond donors (Lipinski definition) is 0. The van der Waals surface area contributed by atoms with Gasteiger partial charge in [-0.3, -0.25) is 19.3 Å². The van der Waals surface area contributed by atoms with Crippen LogP contribution in [0.1, 0.15) is 15.9 Å². The second-order valence-corrected chi connectivity index (χ2v) is 7.02. The number of nitrogens with zero attached hydrogens (tertiary/aromatic N) is 1. The average Bonchev–Trinajstić information content (AvgIpc) is 2.84. The van der Waals surface area contributed by atoms with Gasteiger partial charge in [0.15, 0.2) is 5.78 Å². The predicted molar refractivity (Wildman–Crippen MR) is 97.6 cm³/mol. The van der Waals surface area contributed by atoms with Crippen LogP contribution in [0.4, 0.5) is 4.79 Å². The predicted octanol–water partition coefficient (Wildman–Crippen LogP) is 4.37. The number of thioether (sulfide) groups is 1. The van der Waals surface area contributed by atoms with Crippen LogP contribution in [0.2, 0.25) is 0 Å². The second kappa shape index (κ2) is 7.15. The summed E-state index contributed by atoms with van der Waals surface area (Å²) in [5.74, 6) is -0.704. The Bertz CT molecular complexity index is 831. The highest BCUT2D eigenvalue weighted by Crippen LogP contribution is 2.32. The van der Waals surface area contributed by atoms with Crippen LogP contribution in [0.3, 0.4) is 0 Å². The third-order valence-corrected chi connectivity index (χ3v) is 4.87. The molecule has 2 aromatic rings. The van der Waals surface area contributed by atoms with Gasteiger partial charge in [0.1, 0.15) is 0 Å². The van der Waals surface area contributed by atoms with Crippen molar-refractivity contribution in [2.45, 2.75) is 0 Å². The van der Waals surface area contributed by atoms with Gasteiger partial charge in [0.2, 0.25) is 0 Å². The maximum absolute atomic E-state index is 12.4. The third kappa shape index (κ3) is 3.66. The quantitative estimate of drug-likeness (QED) is 0.563. The van der Waals surface area contributed by atoms with E-state index < -0.39 is 11.1 Å². The Balaban J connectivity index is 1.76. The number of halogens is 1. The van der Waals surface area contributed by atoms with E-state index >= 15 is 0 Å². The van der Waals surface area contributed by atoms with Crippen LogP contribution < -0.4 is 0 Å². The minimum Gasteiger partial charge on any atom is -0.292 e. The van der Waals surface area contributed by atoms with Gasteiger partial charge in [-0.1, -0.05) is 58.4 Å². The zero-order valence-electron chi connectivity index (χ0n) is 12.4. The molecule has 3 rings (SSSR count). The molecule has 1 aliphatic heterocycles. The molecule has 6 heteroatoms. The zero-order valence-corrected chi connectivity index (χ0v) is 14.8. The first-order chi connectivity index (χ1) is 11.5. The Kier molecular flexibility index (Phi) is 4.97. The summed E-state index contributed by atoms with van der Waals surface area (Å²) in [4.78, 5) is 38.1. The molecule has 1 saturated heterocycles. The van der Waals surface area contributed by atoms with E-state index in [9.17, 15) is 14.4 Å². The summed E-state index contributed by atoms with van der Waals surface area (Å²) in [5, 5.41) is -0.423. The Morgan fingerprint density at radius 1 is 1.04 bits per heavy atom. The van der Waals surface area contributed by atoms with Crippen LogP contribution in [0.25, 0.3) is 6.08 Å². The van der Waals surface area contributed by atoms with Crippen LogP contribution >= 0.6 is 27.7 Å². The third-order valence-electron chi connectivity index (χ3n) is 3.44. The fourth-order valence-corrected chi connectivity index (χ4v) is 3.31. The van der Waals surface area contributed by atoms with Gasteiger partial charge >= 0.3 is 0 Å². The number of rotatable bonds is 4. The summed E-state index contributed by atoms with van der Waals surface area (Å²) in [6, 6.07) is 16.1. The van der Waals surface area contributed by atoms with Gasteiger partial charge in [-0.15, -0.1) is 0 Å². The van der Waals surface area contributed by atoms with E-state index in [1.165, 1.54) is 0 Å². The molecule has 0 N–H and O–H groups in total. The van der Waals surface area contributed by atoms with Crippen molar-refractivity contribution < 1.29 is 14.4 Å². The number of imide groups is 1. The van der Waals surface area contributed by atoms with Crippen molar-refractivity contribution in [1.82, 2.24) is 4.90 Å². The molecule has 0 aliphatic carbocycles. The van der Waals surface area contributed by atoms with Gasteiger partial charge in [0, 0.05) is 10.0 Å². The summed E-state index contributed by atoms with van der Waals surface area (Å²) in [6.45, 7) is -0.252. The first-order valence-corrected chi connectivity index (χ1v) is 8.75. The summed E-state index contributed by atoms with van der Waals surface area (Å²) in [5.41, 5.74) is 1.30. The summed E-state index contributed by atoms with van der Waals surface area (Å²) < 4.78 is 0.857. The number of benzene rings is 2. The molecule has 1 fully saturated rings. The van der Waals surface area contributed by atoms with Crippen molar-refractivity contribution >= 4 is 50.7 Å². The Labute approximate surface area is 151 Å². The molecular weight excluding hydrogens is 390 g/mol. The van der Waals surface area contributed by atoms with Crippen LogP contribution in [0.5, 0.6) is 0 Å². The molecule has 2 aromatic carbocycles. The molecule has 24 heavy (non-hydrogen) atoms. The summed E-state index contributed by atoms with van der Waals surface area (Å²) in [7, 11) is 0. The van der Waals surface area contributed by atoms with Gasteiger partial charge in [-0.2, -0.15) is 0 Å². The van der Waals surface area contributed by atoms with E-state index in [0.29, 0.717) is 10.5 Å². The van der Waals surface area contributed by atoms with Crippen molar-refractivity contribution in [1.29, 1.82) is 0 Å². The molecule has 0 bridgehead atoms. The highest BCUT2D eigenvalue weighted by Gasteiger charge is 2.36. The number of hydrogen-bond acceptors (Lipinski definition) is 4. The van der Waals surface area contributed by atoms with E-state index in [-0.39, 0.29) is 12.3 Å². The Morgan fingerprint density at radius 2 is 1.71 bits per heavy atom. The van der Waals surface area contributed by atoms with Crippen molar-refractivity contribution in [3.63, 3.8) is 0 Å². The molecule has 0 radical (unpaired) electrons. The lowest BCUT2D eigenvalue weighted by molar-refractivity contribution is -0.122. The molecular formula is C18H12BrNO3S. The van der Waals surface area contributed by atoms with Crippen LogP contribution in [0, 0.1) is 0 Å². The van der Waals surface area contributed by atoms with E-state index in [1.807, 2.05) is 30.3 Å². The normalized spacial score (nSPS) is 16.0. The van der Waals surface area contributed by atoms with Crippen LogP contribution in [0.15, 0.2) is 64.0 Å². The molecule has 1 aliphatic rings. The van der Waals surface area contributed by atoms with Crippen molar-refractivity contribution in [3.8, 4) is 0 Å². The zero-order chi connectivity index (χ0) is 17.1. The molecule has 1 heterocycles.